The van der Waals surface area contributed by atoms with E-state index in [1.54, 1.807) is 36.3 Å². The van der Waals surface area contributed by atoms with Crippen LogP contribution in [0.1, 0.15) is 38.7 Å². The zero-order chi connectivity index (χ0) is 28.0. The number of rotatable bonds is 7. The fourth-order valence-corrected chi connectivity index (χ4v) is 7.17. The summed E-state index contributed by atoms with van der Waals surface area (Å²) in [6, 6.07) is 15.9. The largest absolute Gasteiger partial charge is 0.497 e. The predicted octanol–water partition coefficient (Wildman–Crippen LogP) is 3.93. The van der Waals surface area contributed by atoms with Gasteiger partial charge in [0.05, 0.1) is 25.0 Å². The smallest absolute Gasteiger partial charge is 0.246 e. The fraction of sp³-hybridized carbons (Fsp3) is 0.469. The second kappa shape index (κ2) is 10.4. The van der Waals surface area contributed by atoms with Gasteiger partial charge in [-0.2, -0.15) is 0 Å². The molecule has 2 aromatic carbocycles. The maximum Gasteiger partial charge on any atom is 0.246 e. The summed E-state index contributed by atoms with van der Waals surface area (Å²) in [6.07, 6.45) is 6.27. The van der Waals surface area contributed by atoms with Crippen molar-refractivity contribution in [3.05, 3.63) is 72.3 Å². The third-order valence-corrected chi connectivity index (χ3v) is 9.51. The summed E-state index contributed by atoms with van der Waals surface area (Å²) < 4.78 is 11.7. The molecule has 8 nitrogen and oxygen atoms in total. The summed E-state index contributed by atoms with van der Waals surface area (Å²) >= 11 is 0. The molecule has 3 aliphatic heterocycles. The van der Waals surface area contributed by atoms with Gasteiger partial charge in [0, 0.05) is 18.3 Å². The molecular formula is C32H37N3O5. The van der Waals surface area contributed by atoms with Crippen LogP contribution in [0.5, 0.6) is 5.75 Å². The first-order chi connectivity index (χ1) is 19.3. The van der Waals surface area contributed by atoms with Crippen molar-refractivity contribution in [3.63, 3.8) is 0 Å². The average molecular weight is 544 g/mol. The third kappa shape index (κ3) is 4.38. The van der Waals surface area contributed by atoms with Crippen molar-refractivity contribution < 1.29 is 23.9 Å². The van der Waals surface area contributed by atoms with Gasteiger partial charge in [-0.1, -0.05) is 69.2 Å². The Bertz CT molecular complexity index is 1310. The number of hydrogen-bond donors (Lipinski definition) is 2. The predicted molar refractivity (Wildman–Crippen MR) is 150 cm³/mol. The van der Waals surface area contributed by atoms with E-state index < -0.39 is 29.6 Å². The van der Waals surface area contributed by atoms with E-state index in [2.05, 4.69) is 24.5 Å². The molecule has 40 heavy (non-hydrogen) atoms. The topological polar surface area (TPSA) is 97.0 Å². The van der Waals surface area contributed by atoms with E-state index in [0.717, 1.165) is 24.8 Å². The van der Waals surface area contributed by atoms with Gasteiger partial charge in [0.2, 0.25) is 17.7 Å². The van der Waals surface area contributed by atoms with Crippen molar-refractivity contribution >= 4 is 23.4 Å². The van der Waals surface area contributed by atoms with Crippen LogP contribution in [0.2, 0.25) is 0 Å². The van der Waals surface area contributed by atoms with Crippen LogP contribution in [0.15, 0.2) is 66.7 Å². The molecular weight excluding hydrogens is 506 g/mol. The molecule has 1 aliphatic carbocycles. The molecule has 2 saturated heterocycles. The molecule has 3 fully saturated rings. The first-order valence-corrected chi connectivity index (χ1v) is 14.3. The summed E-state index contributed by atoms with van der Waals surface area (Å²) in [5.41, 5.74) is 0.335. The van der Waals surface area contributed by atoms with Crippen LogP contribution >= 0.6 is 0 Å². The van der Waals surface area contributed by atoms with Crippen molar-refractivity contribution in [2.75, 3.05) is 12.4 Å². The van der Waals surface area contributed by atoms with Crippen molar-refractivity contribution in [1.29, 1.82) is 0 Å². The molecule has 0 unspecified atom stereocenters. The van der Waals surface area contributed by atoms with E-state index in [9.17, 15) is 14.4 Å². The maximum atomic E-state index is 14.2. The number of amides is 3. The molecule has 0 aromatic heterocycles. The normalized spacial score (nSPS) is 34.0. The van der Waals surface area contributed by atoms with Gasteiger partial charge in [0.15, 0.2) is 0 Å². The first kappa shape index (κ1) is 26.6. The third-order valence-electron chi connectivity index (χ3n) is 9.51. The Morgan fingerprint density at radius 2 is 1.80 bits per heavy atom. The number of hydrogen-bond acceptors (Lipinski definition) is 5. The first-order valence-electron chi connectivity index (χ1n) is 14.3. The highest BCUT2D eigenvalue weighted by Gasteiger charge is 2.72. The lowest BCUT2D eigenvalue weighted by Crippen LogP contribution is -2.57. The standard InChI is InChI=1S/C32H37N3O5/c1-19-8-7-11-24(20(19)2)34-30(37)28-32-17-16-25(40-32)26(29(36)33-22-12-14-23(39-3)15-13-22)27(32)31(38)35(28)18-21-9-5-4-6-10-21/h4-6,9-10,12-17,19-20,24-28H,7-8,11,18H2,1-3H3,(H,33,36)(H,34,37)/t19-,20+,24+,25-,26+,27-,28-,32-/m0/s1. The van der Waals surface area contributed by atoms with Gasteiger partial charge in [-0.15, -0.1) is 0 Å². The van der Waals surface area contributed by atoms with Gasteiger partial charge in [0.1, 0.15) is 17.4 Å². The Balaban J connectivity index is 1.31. The lowest BCUT2D eigenvalue weighted by atomic mass is 9.73. The zero-order valence-electron chi connectivity index (χ0n) is 23.2. The second-order valence-corrected chi connectivity index (χ2v) is 11.8. The van der Waals surface area contributed by atoms with Crippen molar-refractivity contribution in [2.45, 2.75) is 63.4 Å². The molecule has 1 saturated carbocycles. The SMILES string of the molecule is COc1ccc(NC(=O)[C@@H]2[C@@H]3C=C[C@]4(O3)[C@@H]2C(=O)N(Cc2ccccc2)[C@H]4C(=O)N[C@@H]2CCC[C@H](C)[C@H]2C)cc1. The second-order valence-electron chi connectivity index (χ2n) is 11.8. The number of carbonyl (C=O) groups is 3. The van der Waals surface area contributed by atoms with Crippen LogP contribution in [-0.2, 0) is 25.7 Å². The number of fused-ring (bicyclic) bond motifs is 1. The molecule has 4 aliphatic rings. The number of methoxy groups -OCH3 is 1. The van der Waals surface area contributed by atoms with Crippen LogP contribution in [0, 0.1) is 23.7 Å². The van der Waals surface area contributed by atoms with E-state index in [1.807, 2.05) is 42.5 Å². The Morgan fingerprint density at radius 3 is 2.52 bits per heavy atom. The van der Waals surface area contributed by atoms with Crippen LogP contribution in [0.25, 0.3) is 0 Å². The summed E-state index contributed by atoms with van der Waals surface area (Å²) in [7, 11) is 1.58. The Labute approximate surface area is 235 Å². The molecule has 8 heteroatoms. The number of ether oxygens (including phenoxy) is 2. The van der Waals surface area contributed by atoms with Gasteiger partial charge in [-0.25, -0.2) is 0 Å². The number of nitrogens with one attached hydrogen (secondary N) is 2. The average Bonchev–Trinajstić information content (AvgIpc) is 3.60. The monoisotopic (exact) mass is 543 g/mol. The van der Waals surface area contributed by atoms with Crippen molar-refractivity contribution in [1.82, 2.24) is 10.2 Å². The number of likely N-dealkylation sites (tertiary alicyclic amines) is 1. The van der Waals surface area contributed by atoms with E-state index in [4.69, 9.17) is 9.47 Å². The molecule has 3 heterocycles. The molecule has 6 rings (SSSR count). The minimum absolute atomic E-state index is 0.0390. The lowest BCUT2D eigenvalue weighted by Gasteiger charge is -2.38. The summed E-state index contributed by atoms with van der Waals surface area (Å²) in [6.45, 7) is 4.69. The van der Waals surface area contributed by atoms with E-state index in [0.29, 0.717) is 23.3 Å². The lowest BCUT2D eigenvalue weighted by molar-refractivity contribution is -0.142. The highest BCUT2D eigenvalue weighted by molar-refractivity contribution is 6.02. The minimum Gasteiger partial charge on any atom is -0.497 e. The number of nitrogens with zero attached hydrogens (tertiary/aromatic N) is 1. The number of carbonyl (C=O) groups excluding carboxylic acids is 3. The van der Waals surface area contributed by atoms with Gasteiger partial charge >= 0.3 is 0 Å². The van der Waals surface area contributed by atoms with Gasteiger partial charge in [-0.05, 0) is 48.1 Å². The highest BCUT2D eigenvalue weighted by Crippen LogP contribution is 2.55. The molecule has 2 N–H and O–H groups in total. The van der Waals surface area contributed by atoms with Crippen molar-refractivity contribution in [3.8, 4) is 5.75 Å². The van der Waals surface area contributed by atoms with Gasteiger partial charge in [0.25, 0.3) is 0 Å². The van der Waals surface area contributed by atoms with E-state index in [-0.39, 0.29) is 30.3 Å². The Kier molecular flexibility index (Phi) is 6.90. The molecule has 210 valence electrons. The fourth-order valence-electron chi connectivity index (χ4n) is 7.17. The minimum atomic E-state index is -1.19. The maximum absolute atomic E-state index is 14.2. The highest BCUT2D eigenvalue weighted by atomic mass is 16.5. The summed E-state index contributed by atoms with van der Waals surface area (Å²) in [4.78, 5) is 43.6. The van der Waals surface area contributed by atoms with Crippen LogP contribution in [0.3, 0.4) is 0 Å². The summed E-state index contributed by atoms with van der Waals surface area (Å²) in [5, 5.41) is 6.26. The van der Waals surface area contributed by atoms with E-state index in [1.165, 1.54) is 0 Å². The Morgan fingerprint density at radius 1 is 1.05 bits per heavy atom. The van der Waals surface area contributed by atoms with Crippen molar-refractivity contribution in [2.24, 2.45) is 23.7 Å². The van der Waals surface area contributed by atoms with Crippen LogP contribution in [-0.4, -0.2) is 53.5 Å². The Hall–Kier alpha value is -3.65. The molecule has 2 aromatic rings. The van der Waals surface area contributed by atoms with Crippen LogP contribution < -0.4 is 15.4 Å². The van der Waals surface area contributed by atoms with Gasteiger partial charge < -0.3 is 25.0 Å². The summed E-state index contributed by atoms with van der Waals surface area (Å²) in [5.74, 6) is -0.733. The molecule has 2 bridgehead atoms. The molecule has 1 spiro atoms. The number of benzene rings is 2. The molecule has 8 atom stereocenters. The van der Waals surface area contributed by atoms with E-state index >= 15 is 0 Å². The number of anilines is 1. The van der Waals surface area contributed by atoms with Crippen LogP contribution in [0.4, 0.5) is 5.69 Å². The van der Waals surface area contributed by atoms with Gasteiger partial charge in [-0.3, -0.25) is 14.4 Å². The zero-order valence-corrected chi connectivity index (χ0v) is 23.2. The molecule has 0 radical (unpaired) electrons. The molecule has 3 amide bonds. The quantitative estimate of drug-likeness (QED) is 0.516.